The Hall–Kier alpha value is -0.980. The summed E-state index contributed by atoms with van der Waals surface area (Å²) in [6.07, 6.45) is 5.58. The minimum Gasteiger partial charge on any atom is -0.389 e. The third-order valence-electron chi connectivity index (χ3n) is 3.89. The van der Waals surface area contributed by atoms with Crippen molar-refractivity contribution < 1.29 is 8.42 Å². The number of thiocarbonyl (C=S) groups is 1. The normalized spacial score (nSPS) is 16.8. The Morgan fingerprint density at radius 2 is 2.00 bits per heavy atom. The predicted molar refractivity (Wildman–Crippen MR) is 89.5 cm³/mol. The fourth-order valence-electron chi connectivity index (χ4n) is 2.75. The highest BCUT2D eigenvalue weighted by Gasteiger charge is 2.20. The van der Waals surface area contributed by atoms with Gasteiger partial charge in [-0.05, 0) is 30.4 Å². The van der Waals surface area contributed by atoms with Crippen molar-refractivity contribution in [3.8, 4) is 0 Å². The van der Waals surface area contributed by atoms with Gasteiger partial charge in [0, 0.05) is 12.1 Å². The maximum atomic E-state index is 12.1. The molecule has 1 aliphatic rings. The van der Waals surface area contributed by atoms with Crippen molar-refractivity contribution in [1.82, 2.24) is 4.72 Å². The lowest BCUT2D eigenvalue weighted by molar-refractivity contribution is 0.384. The van der Waals surface area contributed by atoms with Crippen LogP contribution < -0.4 is 10.5 Å². The SMILES string of the molecule is NC(=S)c1cccc(CNS(=O)(=O)CC2CCCCC2)c1. The highest BCUT2D eigenvalue weighted by Crippen LogP contribution is 2.24. The topological polar surface area (TPSA) is 72.2 Å². The summed E-state index contributed by atoms with van der Waals surface area (Å²) in [7, 11) is -3.23. The Kier molecular flexibility index (Phi) is 5.72. The van der Waals surface area contributed by atoms with Gasteiger partial charge in [-0.2, -0.15) is 0 Å². The van der Waals surface area contributed by atoms with Gasteiger partial charge in [0.15, 0.2) is 0 Å². The molecule has 0 amide bonds. The van der Waals surface area contributed by atoms with Crippen LogP contribution in [0.4, 0.5) is 0 Å². The van der Waals surface area contributed by atoms with E-state index in [1.54, 1.807) is 0 Å². The van der Waals surface area contributed by atoms with E-state index in [0.717, 1.165) is 36.8 Å². The highest BCUT2D eigenvalue weighted by atomic mass is 32.2. The van der Waals surface area contributed by atoms with Gasteiger partial charge in [-0.15, -0.1) is 0 Å². The van der Waals surface area contributed by atoms with Gasteiger partial charge >= 0.3 is 0 Å². The molecule has 1 saturated carbocycles. The average molecular weight is 326 g/mol. The smallest absolute Gasteiger partial charge is 0.212 e. The van der Waals surface area contributed by atoms with Gasteiger partial charge < -0.3 is 5.73 Å². The lowest BCUT2D eigenvalue weighted by Gasteiger charge is -2.21. The molecular weight excluding hydrogens is 304 g/mol. The molecule has 1 aromatic carbocycles. The monoisotopic (exact) mass is 326 g/mol. The molecule has 0 aromatic heterocycles. The summed E-state index contributed by atoms with van der Waals surface area (Å²) >= 11 is 4.93. The lowest BCUT2D eigenvalue weighted by atomic mass is 9.91. The van der Waals surface area contributed by atoms with E-state index < -0.39 is 10.0 Å². The van der Waals surface area contributed by atoms with Crippen molar-refractivity contribution in [2.24, 2.45) is 11.7 Å². The van der Waals surface area contributed by atoms with Gasteiger partial charge in [-0.1, -0.05) is 49.7 Å². The van der Waals surface area contributed by atoms with Crippen LogP contribution in [0, 0.1) is 5.92 Å². The zero-order chi connectivity index (χ0) is 15.3. The van der Waals surface area contributed by atoms with Crippen LogP contribution in [0.2, 0.25) is 0 Å². The molecule has 3 N–H and O–H groups in total. The second-order valence-electron chi connectivity index (χ2n) is 5.67. The maximum absolute atomic E-state index is 12.1. The molecule has 21 heavy (non-hydrogen) atoms. The van der Waals surface area contributed by atoms with Gasteiger partial charge in [0.1, 0.15) is 4.99 Å². The summed E-state index contributed by atoms with van der Waals surface area (Å²) in [6.45, 7) is 0.283. The Labute approximate surface area is 132 Å². The van der Waals surface area contributed by atoms with Crippen molar-refractivity contribution >= 4 is 27.2 Å². The first kappa shape index (κ1) is 16.4. The molecule has 0 radical (unpaired) electrons. The van der Waals surface area contributed by atoms with Crippen LogP contribution in [0.3, 0.4) is 0 Å². The largest absolute Gasteiger partial charge is 0.389 e. The molecule has 1 fully saturated rings. The Morgan fingerprint density at radius 3 is 2.67 bits per heavy atom. The van der Waals surface area contributed by atoms with Crippen LogP contribution in [0.25, 0.3) is 0 Å². The van der Waals surface area contributed by atoms with E-state index in [4.69, 9.17) is 18.0 Å². The minimum atomic E-state index is -3.23. The second kappa shape index (κ2) is 7.33. The van der Waals surface area contributed by atoms with E-state index in [2.05, 4.69) is 4.72 Å². The molecule has 6 heteroatoms. The first-order valence-electron chi connectivity index (χ1n) is 7.32. The van der Waals surface area contributed by atoms with Crippen molar-refractivity contribution in [3.63, 3.8) is 0 Å². The zero-order valence-electron chi connectivity index (χ0n) is 12.0. The maximum Gasteiger partial charge on any atom is 0.212 e. The van der Waals surface area contributed by atoms with Crippen molar-refractivity contribution in [2.75, 3.05) is 5.75 Å². The summed E-state index contributed by atoms with van der Waals surface area (Å²) in [5, 5.41) is 0. The number of nitrogens with one attached hydrogen (secondary N) is 1. The van der Waals surface area contributed by atoms with Gasteiger partial charge in [-0.3, -0.25) is 0 Å². The van der Waals surface area contributed by atoms with Gasteiger partial charge in [0.25, 0.3) is 0 Å². The molecule has 4 nitrogen and oxygen atoms in total. The molecule has 116 valence electrons. The van der Waals surface area contributed by atoms with E-state index >= 15 is 0 Å². The van der Waals surface area contributed by atoms with Crippen LogP contribution in [-0.2, 0) is 16.6 Å². The second-order valence-corrected chi connectivity index (χ2v) is 7.96. The van der Waals surface area contributed by atoms with Gasteiger partial charge in [-0.25, -0.2) is 13.1 Å². The Bertz CT molecular complexity index is 593. The third kappa shape index (κ3) is 5.37. The number of hydrogen-bond acceptors (Lipinski definition) is 3. The molecule has 0 unspecified atom stereocenters. The van der Waals surface area contributed by atoms with Crippen LogP contribution in [0.5, 0.6) is 0 Å². The number of benzene rings is 1. The molecule has 1 aromatic rings. The summed E-state index contributed by atoms with van der Waals surface area (Å²) in [4.78, 5) is 0.321. The summed E-state index contributed by atoms with van der Waals surface area (Å²) in [5.74, 6) is 0.543. The fraction of sp³-hybridized carbons (Fsp3) is 0.533. The average Bonchev–Trinajstić information content (AvgIpc) is 2.46. The molecule has 0 bridgehead atoms. The molecule has 0 atom stereocenters. The summed E-state index contributed by atoms with van der Waals surface area (Å²) in [5.41, 5.74) is 7.21. The molecule has 0 heterocycles. The first-order valence-corrected chi connectivity index (χ1v) is 9.38. The first-order chi connectivity index (χ1) is 9.96. The number of rotatable bonds is 6. The van der Waals surface area contributed by atoms with Crippen molar-refractivity contribution in [3.05, 3.63) is 35.4 Å². The van der Waals surface area contributed by atoms with Gasteiger partial charge in [0.05, 0.1) is 5.75 Å². The Balaban J connectivity index is 1.91. The van der Waals surface area contributed by atoms with Crippen LogP contribution >= 0.6 is 12.2 Å². The summed E-state index contributed by atoms with van der Waals surface area (Å²) < 4.78 is 26.9. The summed E-state index contributed by atoms with van der Waals surface area (Å²) in [6, 6.07) is 7.35. The number of nitrogens with two attached hydrogens (primary N) is 1. The molecule has 2 rings (SSSR count). The zero-order valence-corrected chi connectivity index (χ0v) is 13.7. The third-order valence-corrected chi connectivity index (χ3v) is 5.62. The van der Waals surface area contributed by atoms with Crippen LogP contribution in [0.1, 0.15) is 43.2 Å². The Morgan fingerprint density at radius 1 is 1.29 bits per heavy atom. The molecular formula is C15H22N2O2S2. The quantitative estimate of drug-likeness (QED) is 0.787. The van der Waals surface area contributed by atoms with Crippen LogP contribution in [-0.4, -0.2) is 19.2 Å². The fourth-order valence-corrected chi connectivity index (χ4v) is 4.34. The number of sulfonamides is 1. The molecule has 0 spiro atoms. The predicted octanol–water partition coefficient (Wildman–Crippen LogP) is 2.32. The van der Waals surface area contributed by atoms with Gasteiger partial charge in [0.2, 0.25) is 10.0 Å². The molecule has 0 aliphatic heterocycles. The molecule has 0 saturated heterocycles. The van der Waals surface area contributed by atoms with Crippen molar-refractivity contribution in [2.45, 2.75) is 38.6 Å². The standard InChI is InChI=1S/C15H22N2O2S2/c16-15(20)14-8-4-7-13(9-14)10-17-21(18,19)11-12-5-2-1-3-6-12/h4,7-9,12,17H,1-3,5-6,10-11H2,(H2,16,20). The molecule has 1 aliphatic carbocycles. The van der Waals surface area contributed by atoms with E-state index in [1.807, 2.05) is 24.3 Å². The lowest BCUT2D eigenvalue weighted by Crippen LogP contribution is -2.30. The van der Waals surface area contributed by atoms with Crippen molar-refractivity contribution in [1.29, 1.82) is 0 Å². The van der Waals surface area contributed by atoms with E-state index in [9.17, 15) is 8.42 Å². The minimum absolute atomic E-state index is 0.238. The van der Waals surface area contributed by atoms with Crippen LogP contribution in [0.15, 0.2) is 24.3 Å². The highest BCUT2D eigenvalue weighted by molar-refractivity contribution is 7.89. The van der Waals surface area contributed by atoms with E-state index in [-0.39, 0.29) is 12.3 Å². The van der Waals surface area contributed by atoms with E-state index in [1.165, 1.54) is 6.42 Å². The van der Waals surface area contributed by atoms with E-state index in [0.29, 0.717) is 10.9 Å². The number of hydrogen-bond donors (Lipinski definition) is 2.